The summed E-state index contributed by atoms with van der Waals surface area (Å²) >= 11 is 3.23. The van der Waals surface area contributed by atoms with Crippen molar-refractivity contribution in [3.8, 4) is 0 Å². The number of hydrogen-bond donors (Lipinski definition) is 2. The molecule has 0 saturated carbocycles. The second-order valence-electron chi connectivity index (χ2n) is 3.67. The Bertz CT molecular complexity index is 379. The quantitative estimate of drug-likeness (QED) is 0.494. The number of hydrazine groups is 1. The molecule has 16 heavy (non-hydrogen) atoms. The van der Waals surface area contributed by atoms with Gasteiger partial charge in [-0.2, -0.15) is 0 Å². The van der Waals surface area contributed by atoms with Crippen LogP contribution in [0.5, 0.6) is 0 Å². The second-order valence-corrected chi connectivity index (χ2v) is 4.46. The van der Waals surface area contributed by atoms with Crippen molar-refractivity contribution in [2.75, 3.05) is 0 Å². The van der Waals surface area contributed by atoms with Crippen LogP contribution in [0, 0.1) is 5.82 Å². The molecule has 2 nitrogen and oxygen atoms in total. The standard InChI is InChI=1S/C12H16BrFN2/c1-3-8(2)7-11(16-15)9-5-4-6-10(14)12(9)13/h4-6,11,16H,2-3,7,15H2,1H3. The first kappa shape index (κ1) is 13.4. The Kier molecular flexibility index (Phi) is 5.12. The lowest BCUT2D eigenvalue weighted by Gasteiger charge is -2.18. The molecule has 88 valence electrons. The molecule has 0 aromatic heterocycles. The predicted octanol–water partition coefficient (Wildman–Crippen LogP) is 3.45. The van der Waals surface area contributed by atoms with Crippen LogP contribution in [0.2, 0.25) is 0 Å². The first-order valence-electron chi connectivity index (χ1n) is 5.16. The second kappa shape index (κ2) is 6.13. The van der Waals surface area contributed by atoms with Crippen molar-refractivity contribution in [1.29, 1.82) is 0 Å². The van der Waals surface area contributed by atoms with Crippen LogP contribution in [0.15, 0.2) is 34.8 Å². The number of benzene rings is 1. The van der Waals surface area contributed by atoms with Gasteiger partial charge >= 0.3 is 0 Å². The zero-order valence-corrected chi connectivity index (χ0v) is 10.8. The van der Waals surface area contributed by atoms with Gasteiger partial charge in [0.1, 0.15) is 5.82 Å². The fourth-order valence-electron chi connectivity index (χ4n) is 1.48. The number of halogens is 2. The van der Waals surface area contributed by atoms with E-state index in [0.29, 0.717) is 10.9 Å². The molecule has 0 fully saturated rings. The predicted molar refractivity (Wildman–Crippen MR) is 68.2 cm³/mol. The molecule has 0 aliphatic heterocycles. The van der Waals surface area contributed by atoms with E-state index in [4.69, 9.17) is 5.84 Å². The van der Waals surface area contributed by atoms with Crippen molar-refractivity contribution in [2.24, 2.45) is 5.84 Å². The molecule has 0 spiro atoms. The van der Waals surface area contributed by atoms with Crippen molar-refractivity contribution in [3.05, 3.63) is 46.2 Å². The summed E-state index contributed by atoms with van der Waals surface area (Å²) in [7, 11) is 0. The Balaban J connectivity index is 2.95. The molecule has 4 heteroatoms. The molecule has 0 heterocycles. The third-order valence-corrected chi connectivity index (χ3v) is 3.39. The summed E-state index contributed by atoms with van der Waals surface area (Å²) < 4.78 is 13.8. The number of hydrogen-bond acceptors (Lipinski definition) is 2. The molecule has 0 amide bonds. The Hall–Kier alpha value is -0.710. The van der Waals surface area contributed by atoms with E-state index in [1.165, 1.54) is 6.07 Å². The SMILES string of the molecule is C=C(CC)CC(NN)c1cccc(F)c1Br. The van der Waals surface area contributed by atoms with Gasteiger partial charge in [-0.25, -0.2) is 4.39 Å². The van der Waals surface area contributed by atoms with Crippen LogP contribution in [-0.2, 0) is 0 Å². The van der Waals surface area contributed by atoms with Gasteiger partial charge in [-0.3, -0.25) is 11.3 Å². The van der Waals surface area contributed by atoms with Crippen molar-refractivity contribution < 1.29 is 4.39 Å². The third kappa shape index (κ3) is 3.14. The molecule has 1 unspecified atom stereocenters. The summed E-state index contributed by atoms with van der Waals surface area (Å²) in [6.07, 6.45) is 1.60. The summed E-state index contributed by atoms with van der Waals surface area (Å²) in [6, 6.07) is 4.82. The number of nitrogens with one attached hydrogen (secondary N) is 1. The highest BCUT2D eigenvalue weighted by molar-refractivity contribution is 9.10. The summed E-state index contributed by atoms with van der Waals surface area (Å²) in [5, 5.41) is 0. The van der Waals surface area contributed by atoms with Gasteiger partial charge in [0.15, 0.2) is 0 Å². The van der Waals surface area contributed by atoms with E-state index in [-0.39, 0.29) is 11.9 Å². The van der Waals surface area contributed by atoms with Crippen LogP contribution in [0.1, 0.15) is 31.4 Å². The fourth-order valence-corrected chi connectivity index (χ4v) is 2.02. The third-order valence-electron chi connectivity index (χ3n) is 2.55. The molecule has 1 rings (SSSR count). The topological polar surface area (TPSA) is 38.0 Å². The highest BCUT2D eigenvalue weighted by Gasteiger charge is 2.15. The zero-order valence-electron chi connectivity index (χ0n) is 9.26. The van der Waals surface area contributed by atoms with Crippen LogP contribution in [0.4, 0.5) is 4.39 Å². The minimum atomic E-state index is -0.278. The molecule has 0 radical (unpaired) electrons. The molecule has 1 aromatic rings. The van der Waals surface area contributed by atoms with Crippen LogP contribution in [0.3, 0.4) is 0 Å². The van der Waals surface area contributed by atoms with Crippen LogP contribution >= 0.6 is 15.9 Å². The molecule has 1 atom stereocenters. The van der Waals surface area contributed by atoms with E-state index in [9.17, 15) is 4.39 Å². The van der Waals surface area contributed by atoms with Gasteiger partial charge in [0.25, 0.3) is 0 Å². The summed E-state index contributed by atoms with van der Waals surface area (Å²) in [4.78, 5) is 0. The molecule has 0 saturated heterocycles. The van der Waals surface area contributed by atoms with Gasteiger partial charge in [-0.15, -0.1) is 0 Å². The van der Waals surface area contributed by atoms with E-state index in [1.807, 2.05) is 13.0 Å². The molecule has 0 bridgehead atoms. The Morgan fingerprint density at radius 2 is 2.31 bits per heavy atom. The first-order valence-corrected chi connectivity index (χ1v) is 5.96. The maximum Gasteiger partial charge on any atom is 0.137 e. The van der Waals surface area contributed by atoms with Gasteiger partial charge in [0, 0.05) is 0 Å². The van der Waals surface area contributed by atoms with Crippen molar-refractivity contribution >= 4 is 15.9 Å². The lowest BCUT2D eigenvalue weighted by molar-refractivity contribution is 0.534. The van der Waals surface area contributed by atoms with E-state index >= 15 is 0 Å². The van der Waals surface area contributed by atoms with E-state index in [0.717, 1.165) is 17.6 Å². The Morgan fingerprint density at radius 1 is 1.62 bits per heavy atom. The van der Waals surface area contributed by atoms with Gasteiger partial charge in [-0.1, -0.05) is 31.2 Å². The highest BCUT2D eigenvalue weighted by Crippen LogP contribution is 2.29. The zero-order chi connectivity index (χ0) is 12.1. The monoisotopic (exact) mass is 286 g/mol. The van der Waals surface area contributed by atoms with Gasteiger partial charge in [-0.05, 0) is 40.4 Å². The molecule has 0 aliphatic rings. The molecular formula is C12H16BrFN2. The summed E-state index contributed by atoms with van der Waals surface area (Å²) in [5.41, 5.74) is 4.59. The van der Waals surface area contributed by atoms with Crippen LogP contribution in [-0.4, -0.2) is 0 Å². The van der Waals surface area contributed by atoms with Crippen LogP contribution in [0.25, 0.3) is 0 Å². The normalized spacial score (nSPS) is 12.5. The maximum absolute atomic E-state index is 13.4. The van der Waals surface area contributed by atoms with Crippen molar-refractivity contribution in [3.63, 3.8) is 0 Å². The molecule has 3 N–H and O–H groups in total. The van der Waals surface area contributed by atoms with E-state index in [1.54, 1.807) is 6.07 Å². The molecule has 0 aliphatic carbocycles. The largest absolute Gasteiger partial charge is 0.271 e. The van der Waals surface area contributed by atoms with E-state index < -0.39 is 0 Å². The summed E-state index contributed by atoms with van der Waals surface area (Å²) in [6.45, 7) is 5.97. The smallest absolute Gasteiger partial charge is 0.137 e. The minimum absolute atomic E-state index is 0.113. The Morgan fingerprint density at radius 3 is 2.88 bits per heavy atom. The average molecular weight is 287 g/mol. The number of rotatable bonds is 5. The molecule has 1 aromatic carbocycles. The lowest BCUT2D eigenvalue weighted by Crippen LogP contribution is -2.28. The van der Waals surface area contributed by atoms with Crippen molar-refractivity contribution in [1.82, 2.24) is 5.43 Å². The van der Waals surface area contributed by atoms with Crippen LogP contribution < -0.4 is 11.3 Å². The van der Waals surface area contributed by atoms with E-state index in [2.05, 4.69) is 27.9 Å². The van der Waals surface area contributed by atoms with Gasteiger partial charge < -0.3 is 0 Å². The Labute approximate surface area is 104 Å². The first-order chi connectivity index (χ1) is 7.60. The fraction of sp³-hybridized carbons (Fsp3) is 0.333. The van der Waals surface area contributed by atoms with Gasteiger partial charge in [0.05, 0.1) is 10.5 Å². The number of nitrogens with two attached hydrogens (primary N) is 1. The summed E-state index contributed by atoms with van der Waals surface area (Å²) in [5.74, 6) is 5.21. The molecular weight excluding hydrogens is 271 g/mol. The lowest BCUT2D eigenvalue weighted by atomic mass is 9.99. The minimum Gasteiger partial charge on any atom is -0.271 e. The maximum atomic E-state index is 13.4. The highest BCUT2D eigenvalue weighted by atomic mass is 79.9. The van der Waals surface area contributed by atoms with Gasteiger partial charge in [0.2, 0.25) is 0 Å². The average Bonchev–Trinajstić information content (AvgIpc) is 2.29. The van der Waals surface area contributed by atoms with Crippen molar-refractivity contribution in [2.45, 2.75) is 25.8 Å².